The predicted octanol–water partition coefficient (Wildman–Crippen LogP) is 3.45. The van der Waals surface area contributed by atoms with Crippen molar-refractivity contribution in [3.63, 3.8) is 0 Å². The monoisotopic (exact) mass is 298 g/mol. The van der Waals surface area contributed by atoms with Gasteiger partial charge in [-0.1, -0.05) is 12.1 Å². The van der Waals surface area contributed by atoms with Gasteiger partial charge >= 0.3 is 0 Å². The van der Waals surface area contributed by atoms with Gasteiger partial charge in [-0.3, -0.25) is 4.79 Å². The number of ether oxygens (including phenoxy) is 1. The Bertz CT molecular complexity index is 621. The number of amides is 1. The third kappa shape index (κ3) is 4.52. The van der Waals surface area contributed by atoms with Crippen LogP contribution in [0.15, 0.2) is 48.5 Å². The highest BCUT2D eigenvalue weighted by Crippen LogP contribution is 2.17. The van der Waals surface area contributed by atoms with Crippen LogP contribution >= 0.6 is 0 Å². The second-order valence-corrected chi connectivity index (χ2v) is 5.32. The summed E-state index contributed by atoms with van der Waals surface area (Å²) in [6, 6.07) is 15.5. The van der Waals surface area contributed by atoms with Crippen LogP contribution in [0.5, 0.6) is 5.75 Å². The largest absolute Gasteiger partial charge is 0.491 e. The maximum Gasteiger partial charge on any atom is 0.251 e. The van der Waals surface area contributed by atoms with Crippen molar-refractivity contribution in [2.24, 2.45) is 0 Å². The van der Waals surface area contributed by atoms with Crippen LogP contribution in [0.25, 0.3) is 0 Å². The number of hydrogen-bond acceptors (Lipinski definition) is 3. The molecule has 0 bridgehead atoms. The second-order valence-electron chi connectivity index (χ2n) is 5.32. The Morgan fingerprint density at radius 2 is 1.86 bits per heavy atom. The molecule has 0 heterocycles. The van der Waals surface area contributed by atoms with Gasteiger partial charge in [0.05, 0.1) is 6.10 Å². The first-order valence-electron chi connectivity index (χ1n) is 7.40. The molecule has 2 aromatic rings. The van der Waals surface area contributed by atoms with Gasteiger partial charge in [0.2, 0.25) is 0 Å². The van der Waals surface area contributed by atoms with Crippen molar-refractivity contribution in [3.8, 4) is 5.75 Å². The van der Waals surface area contributed by atoms with E-state index in [1.807, 2.05) is 44.2 Å². The highest BCUT2D eigenvalue weighted by atomic mass is 16.5. The third-order valence-electron chi connectivity index (χ3n) is 3.14. The zero-order chi connectivity index (χ0) is 15.9. The molecule has 0 fully saturated rings. The van der Waals surface area contributed by atoms with Gasteiger partial charge in [0.1, 0.15) is 5.75 Å². The molecule has 2 rings (SSSR count). The molecule has 2 N–H and O–H groups in total. The molecule has 0 aromatic heterocycles. The van der Waals surface area contributed by atoms with Gasteiger partial charge in [-0.05, 0) is 55.8 Å². The molecule has 0 saturated heterocycles. The van der Waals surface area contributed by atoms with E-state index in [0.29, 0.717) is 12.1 Å². The first kappa shape index (κ1) is 15.9. The lowest BCUT2D eigenvalue weighted by atomic mass is 10.1. The molecule has 4 nitrogen and oxygen atoms in total. The Morgan fingerprint density at radius 1 is 1.14 bits per heavy atom. The molecule has 0 aliphatic heterocycles. The summed E-state index contributed by atoms with van der Waals surface area (Å²) in [7, 11) is 1.63. The zero-order valence-corrected chi connectivity index (χ0v) is 13.2. The molecule has 0 spiro atoms. The highest BCUT2D eigenvalue weighted by molar-refractivity contribution is 5.94. The fraction of sp³-hybridized carbons (Fsp3) is 0.278. The normalized spacial score (nSPS) is 10.4. The standard InChI is InChI=1S/C18H22N2O2/c1-13(2)22-17-6-4-5-14(11-17)12-20-16-9-7-15(8-10-16)18(21)19-3/h4-11,13,20H,12H2,1-3H3,(H,19,21). The number of benzene rings is 2. The van der Waals surface area contributed by atoms with E-state index in [4.69, 9.17) is 4.74 Å². The third-order valence-corrected chi connectivity index (χ3v) is 3.14. The minimum Gasteiger partial charge on any atom is -0.491 e. The Hall–Kier alpha value is -2.49. The number of nitrogens with one attached hydrogen (secondary N) is 2. The van der Waals surface area contributed by atoms with Crippen LogP contribution in [0.1, 0.15) is 29.8 Å². The van der Waals surface area contributed by atoms with Crippen LogP contribution in [0.3, 0.4) is 0 Å². The number of anilines is 1. The molecule has 0 radical (unpaired) electrons. The van der Waals surface area contributed by atoms with Crippen LogP contribution in [0, 0.1) is 0 Å². The summed E-state index contributed by atoms with van der Waals surface area (Å²) in [5.74, 6) is 0.800. The van der Waals surface area contributed by atoms with Crippen LogP contribution in [0.4, 0.5) is 5.69 Å². The fourth-order valence-electron chi connectivity index (χ4n) is 2.09. The minimum atomic E-state index is -0.0786. The summed E-state index contributed by atoms with van der Waals surface area (Å²) in [6.07, 6.45) is 0.167. The van der Waals surface area contributed by atoms with Gasteiger partial charge in [0, 0.05) is 24.8 Å². The minimum absolute atomic E-state index is 0.0786. The van der Waals surface area contributed by atoms with Gasteiger partial charge in [-0.25, -0.2) is 0 Å². The average Bonchev–Trinajstić information content (AvgIpc) is 2.52. The molecule has 0 aliphatic carbocycles. The lowest BCUT2D eigenvalue weighted by Crippen LogP contribution is -2.17. The maximum absolute atomic E-state index is 11.5. The van der Waals surface area contributed by atoms with Crippen LogP contribution in [0.2, 0.25) is 0 Å². The van der Waals surface area contributed by atoms with E-state index in [9.17, 15) is 4.79 Å². The summed E-state index contributed by atoms with van der Waals surface area (Å²) in [6.45, 7) is 4.73. The van der Waals surface area contributed by atoms with Gasteiger partial charge in [0.15, 0.2) is 0 Å². The first-order valence-corrected chi connectivity index (χ1v) is 7.40. The number of hydrogen-bond donors (Lipinski definition) is 2. The smallest absolute Gasteiger partial charge is 0.251 e. The van der Waals surface area contributed by atoms with Gasteiger partial charge in [0.25, 0.3) is 5.91 Å². The van der Waals surface area contributed by atoms with Gasteiger partial charge < -0.3 is 15.4 Å². The van der Waals surface area contributed by atoms with Gasteiger partial charge in [-0.15, -0.1) is 0 Å². The lowest BCUT2D eigenvalue weighted by molar-refractivity contribution is 0.0963. The Kier molecular flexibility index (Phi) is 5.42. The summed E-state index contributed by atoms with van der Waals surface area (Å²) < 4.78 is 5.69. The molecule has 0 unspecified atom stereocenters. The van der Waals surface area contributed by atoms with Crippen LogP contribution < -0.4 is 15.4 Å². The van der Waals surface area contributed by atoms with E-state index >= 15 is 0 Å². The van der Waals surface area contributed by atoms with E-state index < -0.39 is 0 Å². The van der Waals surface area contributed by atoms with Gasteiger partial charge in [-0.2, -0.15) is 0 Å². The first-order chi connectivity index (χ1) is 10.6. The zero-order valence-electron chi connectivity index (χ0n) is 13.2. The molecule has 116 valence electrons. The maximum atomic E-state index is 11.5. The van der Waals surface area contributed by atoms with Crippen molar-refractivity contribution in [3.05, 3.63) is 59.7 Å². The summed E-state index contributed by atoms with van der Waals surface area (Å²) in [4.78, 5) is 11.5. The van der Waals surface area contributed by atoms with E-state index in [-0.39, 0.29) is 12.0 Å². The average molecular weight is 298 g/mol. The molecular formula is C18H22N2O2. The Morgan fingerprint density at radius 3 is 2.50 bits per heavy atom. The number of rotatable bonds is 6. The summed E-state index contributed by atoms with van der Waals surface area (Å²) >= 11 is 0. The topological polar surface area (TPSA) is 50.4 Å². The van der Waals surface area contributed by atoms with Crippen LogP contribution in [-0.2, 0) is 6.54 Å². The van der Waals surface area contributed by atoms with Crippen molar-refractivity contribution in [2.45, 2.75) is 26.5 Å². The van der Waals surface area contributed by atoms with E-state index in [2.05, 4.69) is 16.7 Å². The summed E-state index contributed by atoms with van der Waals surface area (Å²) in [5.41, 5.74) is 2.77. The molecule has 0 aliphatic rings. The van der Waals surface area contributed by atoms with E-state index in [1.54, 1.807) is 19.2 Å². The molecule has 0 saturated carbocycles. The SMILES string of the molecule is CNC(=O)c1ccc(NCc2cccc(OC(C)C)c2)cc1. The van der Waals surface area contributed by atoms with Crippen LogP contribution in [-0.4, -0.2) is 19.1 Å². The van der Waals surface area contributed by atoms with Crippen molar-refractivity contribution in [1.82, 2.24) is 5.32 Å². The molecular weight excluding hydrogens is 276 g/mol. The molecule has 0 atom stereocenters. The van der Waals surface area contributed by atoms with E-state index in [1.165, 1.54) is 0 Å². The van der Waals surface area contributed by atoms with Crippen molar-refractivity contribution < 1.29 is 9.53 Å². The molecule has 22 heavy (non-hydrogen) atoms. The second kappa shape index (κ2) is 7.50. The molecule has 2 aromatic carbocycles. The van der Waals surface area contributed by atoms with Crippen molar-refractivity contribution in [1.29, 1.82) is 0 Å². The highest BCUT2D eigenvalue weighted by Gasteiger charge is 2.03. The predicted molar refractivity (Wildman–Crippen MR) is 89.4 cm³/mol. The van der Waals surface area contributed by atoms with E-state index in [0.717, 1.165) is 17.0 Å². The Labute approximate surface area is 131 Å². The molecule has 4 heteroatoms. The number of carbonyl (C=O) groups excluding carboxylic acids is 1. The Balaban J connectivity index is 1.96. The quantitative estimate of drug-likeness (QED) is 0.859. The lowest BCUT2D eigenvalue weighted by Gasteiger charge is -2.12. The van der Waals surface area contributed by atoms with Crippen molar-refractivity contribution >= 4 is 11.6 Å². The fourth-order valence-corrected chi connectivity index (χ4v) is 2.09. The molecule has 1 amide bonds. The summed E-state index contributed by atoms with van der Waals surface area (Å²) in [5, 5.41) is 5.95. The van der Waals surface area contributed by atoms with Crippen molar-refractivity contribution in [2.75, 3.05) is 12.4 Å². The number of carbonyl (C=O) groups is 1.